The number of primary amides is 1. The summed E-state index contributed by atoms with van der Waals surface area (Å²) in [5.74, 6) is 0.293. The van der Waals surface area contributed by atoms with Crippen LogP contribution in [0.3, 0.4) is 0 Å². The number of nitrogens with two attached hydrogens (primary N) is 1. The van der Waals surface area contributed by atoms with Crippen molar-refractivity contribution in [2.75, 3.05) is 19.6 Å². The third-order valence-electron chi connectivity index (χ3n) is 4.34. The number of carbonyl (C=O) groups excluding carboxylic acids is 1. The fourth-order valence-corrected chi connectivity index (χ4v) is 3.18. The van der Waals surface area contributed by atoms with E-state index >= 15 is 0 Å². The van der Waals surface area contributed by atoms with Crippen molar-refractivity contribution >= 4 is 5.91 Å². The zero-order valence-corrected chi connectivity index (χ0v) is 10.5. The van der Waals surface area contributed by atoms with Crippen LogP contribution in [0.1, 0.15) is 44.9 Å². The molecule has 0 aromatic heterocycles. The molecule has 1 saturated heterocycles. The van der Waals surface area contributed by atoms with Gasteiger partial charge in [0.2, 0.25) is 0 Å². The first-order chi connectivity index (χ1) is 8.10. The second-order valence-electron chi connectivity index (χ2n) is 5.71. The van der Waals surface area contributed by atoms with Gasteiger partial charge < -0.3 is 10.8 Å². The van der Waals surface area contributed by atoms with Crippen molar-refractivity contribution in [3.63, 3.8) is 0 Å². The summed E-state index contributed by atoms with van der Waals surface area (Å²) in [4.78, 5) is 13.4. The van der Waals surface area contributed by atoms with E-state index < -0.39 is 11.5 Å². The number of rotatable bonds is 4. The van der Waals surface area contributed by atoms with Gasteiger partial charge in [0.1, 0.15) is 0 Å². The highest BCUT2D eigenvalue weighted by atomic mass is 16.3. The van der Waals surface area contributed by atoms with Gasteiger partial charge in [-0.25, -0.2) is 0 Å². The summed E-state index contributed by atoms with van der Waals surface area (Å²) in [6, 6.07) is 0. The molecule has 4 heteroatoms. The molecule has 98 valence electrons. The molecule has 1 amide bonds. The SMILES string of the molecule is NC(=O)[C@]1(O)CCCN(CCC2CCCC2)C1. The van der Waals surface area contributed by atoms with Gasteiger partial charge >= 0.3 is 0 Å². The molecule has 0 aromatic rings. The Morgan fingerprint density at radius 2 is 2.06 bits per heavy atom. The molecule has 1 heterocycles. The Kier molecular flexibility index (Phi) is 4.05. The van der Waals surface area contributed by atoms with E-state index in [1.807, 2.05) is 0 Å². The Balaban J connectivity index is 1.78. The number of nitrogens with zero attached hydrogens (tertiary/aromatic N) is 1. The average molecular weight is 240 g/mol. The number of hydrogen-bond donors (Lipinski definition) is 2. The van der Waals surface area contributed by atoms with Crippen LogP contribution in [-0.2, 0) is 4.79 Å². The average Bonchev–Trinajstić information content (AvgIpc) is 2.79. The molecule has 0 spiro atoms. The van der Waals surface area contributed by atoms with E-state index in [4.69, 9.17) is 5.73 Å². The van der Waals surface area contributed by atoms with E-state index in [9.17, 15) is 9.90 Å². The largest absolute Gasteiger partial charge is 0.379 e. The fraction of sp³-hybridized carbons (Fsp3) is 0.923. The molecule has 1 atom stereocenters. The fourth-order valence-electron chi connectivity index (χ4n) is 3.18. The van der Waals surface area contributed by atoms with Gasteiger partial charge in [0.15, 0.2) is 5.60 Å². The quantitative estimate of drug-likeness (QED) is 0.766. The lowest BCUT2D eigenvalue weighted by Crippen LogP contribution is -2.55. The van der Waals surface area contributed by atoms with Crippen LogP contribution in [0.15, 0.2) is 0 Å². The lowest BCUT2D eigenvalue weighted by Gasteiger charge is -2.37. The maximum Gasteiger partial charge on any atom is 0.250 e. The Bertz CT molecular complexity index is 277. The molecule has 1 saturated carbocycles. The lowest BCUT2D eigenvalue weighted by molar-refractivity contribution is -0.142. The maximum absolute atomic E-state index is 11.2. The summed E-state index contributed by atoms with van der Waals surface area (Å²) in [6.45, 7) is 2.41. The normalized spacial score (nSPS) is 31.8. The van der Waals surface area contributed by atoms with Gasteiger partial charge in [0.25, 0.3) is 5.91 Å². The number of amides is 1. The summed E-state index contributed by atoms with van der Waals surface area (Å²) < 4.78 is 0. The molecule has 2 rings (SSSR count). The number of piperidine rings is 1. The second-order valence-corrected chi connectivity index (χ2v) is 5.71. The van der Waals surface area contributed by atoms with Crippen molar-refractivity contribution < 1.29 is 9.90 Å². The van der Waals surface area contributed by atoms with Crippen LogP contribution < -0.4 is 5.73 Å². The molecular formula is C13H24N2O2. The van der Waals surface area contributed by atoms with Crippen LogP contribution in [0.4, 0.5) is 0 Å². The molecule has 1 aliphatic carbocycles. The van der Waals surface area contributed by atoms with Crippen molar-refractivity contribution in [1.29, 1.82) is 0 Å². The van der Waals surface area contributed by atoms with Crippen molar-refractivity contribution in [3.8, 4) is 0 Å². The molecule has 2 aliphatic rings. The maximum atomic E-state index is 11.2. The first-order valence-corrected chi connectivity index (χ1v) is 6.85. The highest BCUT2D eigenvalue weighted by molar-refractivity contribution is 5.83. The van der Waals surface area contributed by atoms with E-state index in [1.165, 1.54) is 32.1 Å². The number of hydrogen-bond acceptors (Lipinski definition) is 3. The zero-order valence-electron chi connectivity index (χ0n) is 10.5. The van der Waals surface area contributed by atoms with Crippen LogP contribution in [0.5, 0.6) is 0 Å². The van der Waals surface area contributed by atoms with Gasteiger partial charge in [0.05, 0.1) is 0 Å². The summed E-state index contributed by atoms with van der Waals surface area (Å²) in [7, 11) is 0. The van der Waals surface area contributed by atoms with E-state index in [-0.39, 0.29) is 0 Å². The molecule has 0 unspecified atom stereocenters. The lowest BCUT2D eigenvalue weighted by atomic mass is 9.91. The number of aliphatic hydroxyl groups is 1. The van der Waals surface area contributed by atoms with Crippen molar-refractivity contribution in [2.45, 2.75) is 50.5 Å². The van der Waals surface area contributed by atoms with Gasteiger partial charge in [-0.05, 0) is 38.3 Å². The smallest absolute Gasteiger partial charge is 0.250 e. The van der Waals surface area contributed by atoms with Crippen molar-refractivity contribution in [2.24, 2.45) is 11.7 Å². The molecule has 0 aromatic carbocycles. The monoisotopic (exact) mass is 240 g/mol. The first kappa shape index (κ1) is 12.8. The van der Waals surface area contributed by atoms with E-state index in [2.05, 4.69) is 4.90 Å². The van der Waals surface area contributed by atoms with Crippen LogP contribution in [0, 0.1) is 5.92 Å². The van der Waals surface area contributed by atoms with Gasteiger partial charge in [-0.15, -0.1) is 0 Å². The summed E-state index contributed by atoms with van der Waals surface area (Å²) in [5, 5.41) is 10.1. The predicted octanol–water partition coefficient (Wildman–Crippen LogP) is 0.879. The second kappa shape index (κ2) is 5.36. The molecule has 3 N–H and O–H groups in total. The van der Waals surface area contributed by atoms with Crippen LogP contribution in [0.2, 0.25) is 0 Å². The molecule has 4 nitrogen and oxygen atoms in total. The molecule has 2 fully saturated rings. The van der Waals surface area contributed by atoms with Crippen LogP contribution in [-0.4, -0.2) is 41.1 Å². The molecule has 17 heavy (non-hydrogen) atoms. The molecule has 0 bridgehead atoms. The standard InChI is InChI=1S/C13H24N2O2/c14-12(16)13(17)7-3-8-15(10-13)9-6-11-4-1-2-5-11/h11,17H,1-10H2,(H2,14,16)/t13-/m0/s1. The minimum Gasteiger partial charge on any atom is -0.379 e. The van der Waals surface area contributed by atoms with Gasteiger partial charge in [-0.3, -0.25) is 9.69 Å². The minimum absolute atomic E-state index is 0.426. The Morgan fingerprint density at radius 1 is 1.35 bits per heavy atom. The Morgan fingerprint density at radius 3 is 2.71 bits per heavy atom. The first-order valence-electron chi connectivity index (χ1n) is 6.85. The highest BCUT2D eigenvalue weighted by Crippen LogP contribution is 2.28. The van der Waals surface area contributed by atoms with Gasteiger partial charge in [0, 0.05) is 6.54 Å². The van der Waals surface area contributed by atoms with Gasteiger partial charge in [-0.2, -0.15) is 0 Å². The van der Waals surface area contributed by atoms with E-state index in [0.29, 0.717) is 13.0 Å². The third-order valence-corrected chi connectivity index (χ3v) is 4.34. The van der Waals surface area contributed by atoms with Crippen LogP contribution in [0.25, 0.3) is 0 Å². The minimum atomic E-state index is -1.28. The Labute approximate surface area is 103 Å². The Hall–Kier alpha value is -0.610. The topological polar surface area (TPSA) is 66.6 Å². The molecular weight excluding hydrogens is 216 g/mol. The van der Waals surface area contributed by atoms with Crippen molar-refractivity contribution in [3.05, 3.63) is 0 Å². The predicted molar refractivity (Wildman–Crippen MR) is 66.4 cm³/mol. The third kappa shape index (κ3) is 3.19. The number of carbonyl (C=O) groups is 1. The van der Waals surface area contributed by atoms with E-state index in [1.54, 1.807) is 0 Å². The van der Waals surface area contributed by atoms with E-state index in [0.717, 1.165) is 25.4 Å². The highest BCUT2D eigenvalue weighted by Gasteiger charge is 2.38. The number of β-amino-alcohol motifs (C(OH)–C–C–N with tert-alkyl or cyclic N) is 1. The number of likely N-dealkylation sites (tertiary alicyclic amines) is 1. The summed E-state index contributed by atoms with van der Waals surface area (Å²) in [5.41, 5.74) is 3.98. The summed E-state index contributed by atoms with van der Waals surface area (Å²) in [6.07, 6.45) is 8.04. The van der Waals surface area contributed by atoms with Crippen LogP contribution >= 0.6 is 0 Å². The summed E-state index contributed by atoms with van der Waals surface area (Å²) >= 11 is 0. The molecule has 0 radical (unpaired) electrons. The van der Waals surface area contributed by atoms with Gasteiger partial charge in [-0.1, -0.05) is 25.7 Å². The molecule has 1 aliphatic heterocycles. The zero-order chi connectivity index (χ0) is 12.3. The van der Waals surface area contributed by atoms with Crippen molar-refractivity contribution in [1.82, 2.24) is 4.90 Å².